The molecule has 112 valence electrons. The van der Waals surface area contributed by atoms with E-state index in [0.29, 0.717) is 26.3 Å². The smallest absolute Gasteiger partial charge is 0.239 e. The molecule has 1 unspecified atom stereocenters. The Bertz CT molecular complexity index is 548. The SMILES string of the molecule is CNC(=O)C1COCCN1Cc1ccccc1C#CCN. The Balaban J connectivity index is 2.17. The van der Waals surface area contributed by atoms with Gasteiger partial charge in [0, 0.05) is 25.7 Å². The minimum atomic E-state index is -0.251. The molecule has 1 amide bonds. The summed E-state index contributed by atoms with van der Waals surface area (Å²) in [7, 11) is 1.65. The van der Waals surface area contributed by atoms with Crippen LogP contribution in [0.25, 0.3) is 0 Å². The fourth-order valence-electron chi connectivity index (χ4n) is 2.38. The number of nitrogens with two attached hydrogens (primary N) is 1. The molecule has 0 aliphatic carbocycles. The number of rotatable bonds is 3. The molecule has 1 saturated heterocycles. The molecular weight excluding hydrogens is 266 g/mol. The van der Waals surface area contributed by atoms with Crippen molar-refractivity contribution in [3.63, 3.8) is 0 Å². The zero-order valence-electron chi connectivity index (χ0n) is 12.3. The number of amides is 1. The van der Waals surface area contributed by atoms with Crippen LogP contribution in [-0.4, -0.2) is 50.2 Å². The van der Waals surface area contributed by atoms with Crippen molar-refractivity contribution in [2.75, 3.05) is 33.4 Å². The standard InChI is InChI=1S/C16H21N3O2/c1-18-16(20)15-12-21-10-9-19(15)11-14-6-3-2-5-13(14)7-4-8-17/h2-3,5-6,15H,8-12,17H2,1H3,(H,18,20). The summed E-state index contributed by atoms with van der Waals surface area (Å²) in [4.78, 5) is 14.1. The lowest BCUT2D eigenvalue weighted by Crippen LogP contribution is -2.52. The number of hydrogen-bond acceptors (Lipinski definition) is 4. The van der Waals surface area contributed by atoms with Crippen molar-refractivity contribution in [1.29, 1.82) is 0 Å². The van der Waals surface area contributed by atoms with Gasteiger partial charge in [0.2, 0.25) is 5.91 Å². The van der Waals surface area contributed by atoms with E-state index in [4.69, 9.17) is 10.5 Å². The van der Waals surface area contributed by atoms with Crippen LogP contribution in [0.4, 0.5) is 0 Å². The first-order chi connectivity index (χ1) is 10.3. The highest BCUT2D eigenvalue weighted by atomic mass is 16.5. The van der Waals surface area contributed by atoms with Gasteiger partial charge in [0.25, 0.3) is 0 Å². The average molecular weight is 287 g/mol. The van der Waals surface area contributed by atoms with Gasteiger partial charge in [-0.2, -0.15) is 0 Å². The van der Waals surface area contributed by atoms with Gasteiger partial charge in [-0.1, -0.05) is 30.0 Å². The van der Waals surface area contributed by atoms with Crippen molar-refractivity contribution in [2.45, 2.75) is 12.6 Å². The fourth-order valence-corrected chi connectivity index (χ4v) is 2.38. The molecule has 1 atom stereocenters. The highest BCUT2D eigenvalue weighted by Crippen LogP contribution is 2.15. The topological polar surface area (TPSA) is 67.6 Å². The van der Waals surface area contributed by atoms with E-state index < -0.39 is 0 Å². The fraction of sp³-hybridized carbons (Fsp3) is 0.438. The molecule has 0 bridgehead atoms. The summed E-state index contributed by atoms with van der Waals surface area (Å²) in [5.41, 5.74) is 7.51. The third kappa shape index (κ3) is 4.05. The van der Waals surface area contributed by atoms with Gasteiger partial charge in [0.05, 0.1) is 19.8 Å². The van der Waals surface area contributed by atoms with Gasteiger partial charge in [-0.15, -0.1) is 0 Å². The summed E-state index contributed by atoms with van der Waals surface area (Å²) in [5, 5.41) is 2.69. The number of nitrogens with zero attached hydrogens (tertiary/aromatic N) is 1. The molecule has 3 N–H and O–H groups in total. The molecular formula is C16H21N3O2. The van der Waals surface area contributed by atoms with Crippen LogP contribution < -0.4 is 11.1 Å². The number of carbonyl (C=O) groups excluding carboxylic acids is 1. The highest BCUT2D eigenvalue weighted by Gasteiger charge is 2.28. The van der Waals surface area contributed by atoms with Gasteiger partial charge < -0.3 is 15.8 Å². The molecule has 5 heteroatoms. The Morgan fingerprint density at radius 1 is 1.52 bits per heavy atom. The predicted molar refractivity (Wildman–Crippen MR) is 81.5 cm³/mol. The Labute approximate surface area is 125 Å². The molecule has 1 aliphatic heterocycles. The van der Waals surface area contributed by atoms with Crippen LogP contribution in [0.15, 0.2) is 24.3 Å². The molecule has 5 nitrogen and oxygen atoms in total. The largest absolute Gasteiger partial charge is 0.378 e. The first-order valence-corrected chi connectivity index (χ1v) is 7.06. The maximum Gasteiger partial charge on any atom is 0.239 e. The van der Waals surface area contributed by atoms with Crippen LogP contribution in [0.3, 0.4) is 0 Å². The third-order valence-corrected chi connectivity index (χ3v) is 3.50. The second-order valence-corrected chi connectivity index (χ2v) is 4.84. The van der Waals surface area contributed by atoms with E-state index in [2.05, 4.69) is 22.1 Å². The second kappa shape index (κ2) is 7.79. The Morgan fingerprint density at radius 2 is 2.33 bits per heavy atom. The van der Waals surface area contributed by atoms with Gasteiger partial charge in [0.1, 0.15) is 6.04 Å². The lowest BCUT2D eigenvalue weighted by atomic mass is 10.1. The minimum absolute atomic E-state index is 0.0137. The number of hydrogen-bond donors (Lipinski definition) is 2. The molecule has 21 heavy (non-hydrogen) atoms. The second-order valence-electron chi connectivity index (χ2n) is 4.84. The lowest BCUT2D eigenvalue weighted by molar-refractivity contribution is -0.132. The highest BCUT2D eigenvalue weighted by molar-refractivity contribution is 5.81. The number of morpholine rings is 1. The lowest BCUT2D eigenvalue weighted by Gasteiger charge is -2.34. The van der Waals surface area contributed by atoms with Crippen molar-refractivity contribution in [2.24, 2.45) is 5.73 Å². The molecule has 0 spiro atoms. The van der Waals surface area contributed by atoms with E-state index in [1.807, 2.05) is 24.3 Å². The summed E-state index contributed by atoms with van der Waals surface area (Å²) in [6.07, 6.45) is 0. The molecule has 1 aromatic rings. The predicted octanol–water partition coefficient (Wildman–Crippen LogP) is -0.0564. The Kier molecular flexibility index (Phi) is 5.76. The molecule has 1 aromatic carbocycles. The molecule has 1 heterocycles. The van der Waals surface area contributed by atoms with E-state index in [-0.39, 0.29) is 11.9 Å². The first-order valence-electron chi connectivity index (χ1n) is 7.06. The van der Waals surface area contributed by atoms with Crippen molar-refractivity contribution in [3.05, 3.63) is 35.4 Å². The van der Waals surface area contributed by atoms with Gasteiger partial charge in [-0.05, 0) is 11.6 Å². The summed E-state index contributed by atoms with van der Waals surface area (Å²) in [6.45, 7) is 2.82. The van der Waals surface area contributed by atoms with E-state index in [1.165, 1.54) is 0 Å². The maximum absolute atomic E-state index is 11.9. The van der Waals surface area contributed by atoms with Crippen LogP contribution in [0.1, 0.15) is 11.1 Å². The zero-order valence-corrected chi connectivity index (χ0v) is 12.3. The van der Waals surface area contributed by atoms with Crippen molar-refractivity contribution in [3.8, 4) is 11.8 Å². The Morgan fingerprint density at radius 3 is 3.10 bits per heavy atom. The molecule has 0 radical (unpaired) electrons. The monoisotopic (exact) mass is 287 g/mol. The average Bonchev–Trinajstić information content (AvgIpc) is 2.54. The van der Waals surface area contributed by atoms with Crippen molar-refractivity contribution < 1.29 is 9.53 Å². The zero-order chi connectivity index (χ0) is 15.1. The number of likely N-dealkylation sites (N-methyl/N-ethyl adjacent to an activating group) is 1. The van der Waals surface area contributed by atoms with E-state index in [9.17, 15) is 4.79 Å². The molecule has 0 saturated carbocycles. The van der Waals surface area contributed by atoms with Crippen LogP contribution in [0, 0.1) is 11.8 Å². The van der Waals surface area contributed by atoms with Gasteiger partial charge in [-0.25, -0.2) is 0 Å². The third-order valence-electron chi connectivity index (χ3n) is 3.50. The van der Waals surface area contributed by atoms with Gasteiger partial charge >= 0.3 is 0 Å². The van der Waals surface area contributed by atoms with E-state index in [1.54, 1.807) is 7.05 Å². The van der Waals surface area contributed by atoms with E-state index >= 15 is 0 Å². The summed E-state index contributed by atoms with van der Waals surface area (Å²) in [6, 6.07) is 7.71. The number of ether oxygens (including phenoxy) is 1. The molecule has 0 aromatic heterocycles. The van der Waals surface area contributed by atoms with Crippen LogP contribution in [0.2, 0.25) is 0 Å². The molecule has 1 fully saturated rings. The summed E-state index contributed by atoms with van der Waals surface area (Å²) >= 11 is 0. The quantitative estimate of drug-likeness (QED) is 0.765. The summed E-state index contributed by atoms with van der Waals surface area (Å²) < 4.78 is 5.42. The van der Waals surface area contributed by atoms with Crippen LogP contribution >= 0.6 is 0 Å². The van der Waals surface area contributed by atoms with Crippen LogP contribution in [0.5, 0.6) is 0 Å². The van der Waals surface area contributed by atoms with Crippen molar-refractivity contribution >= 4 is 5.91 Å². The van der Waals surface area contributed by atoms with E-state index in [0.717, 1.165) is 17.7 Å². The number of benzene rings is 1. The van der Waals surface area contributed by atoms with Crippen LogP contribution in [-0.2, 0) is 16.1 Å². The maximum atomic E-state index is 11.9. The Hall–Kier alpha value is -1.87. The first kappa shape index (κ1) is 15.5. The molecule has 1 aliphatic rings. The molecule has 2 rings (SSSR count). The normalized spacial score (nSPS) is 18.7. The minimum Gasteiger partial charge on any atom is -0.378 e. The van der Waals surface area contributed by atoms with Gasteiger partial charge in [-0.3, -0.25) is 9.69 Å². The summed E-state index contributed by atoms with van der Waals surface area (Å²) in [5.74, 6) is 5.96. The van der Waals surface area contributed by atoms with Gasteiger partial charge in [0.15, 0.2) is 0 Å². The number of carbonyl (C=O) groups is 1. The number of nitrogens with one attached hydrogen (secondary N) is 1. The van der Waals surface area contributed by atoms with Crippen molar-refractivity contribution in [1.82, 2.24) is 10.2 Å².